The summed E-state index contributed by atoms with van der Waals surface area (Å²) in [5.41, 5.74) is 1.07. The number of hydrogen-bond acceptors (Lipinski definition) is 2. The van der Waals surface area contributed by atoms with E-state index in [2.05, 4.69) is 17.2 Å². The Morgan fingerprint density at radius 1 is 1.31 bits per heavy atom. The number of hydrogen-bond donors (Lipinski definition) is 1. The van der Waals surface area contributed by atoms with Gasteiger partial charge in [-0.15, -0.1) is 0 Å². The highest BCUT2D eigenvalue weighted by Crippen LogP contribution is 2.23. The van der Waals surface area contributed by atoms with Crippen molar-refractivity contribution in [1.29, 1.82) is 0 Å². The highest BCUT2D eigenvalue weighted by atomic mass is 35.5. The normalized spacial score (nSPS) is 25.6. The summed E-state index contributed by atoms with van der Waals surface area (Å²) in [4.78, 5) is 4.28. The van der Waals surface area contributed by atoms with Crippen LogP contribution in [0.5, 0.6) is 0 Å². The Kier molecular flexibility index (Phi) is 4.19. The van der Waals surface area contributed by atoms with E-state index in [1.807, 2.05) is 12.1 Å². The smallest absolute Gasteiger partial charge is 0.0589 e. The highest BCUT2D eigenvalue weighted by molar-refractivity contribution is 6.30. The van der Waals surface area contributed by atoms with E-state index < -0.39 is 0 Å². The number of nitrogens with zero attached hydrogens (tertiary/aromatic N) is 1. The zero-order valence-corrected chi connectivity index (χ0v) is 10.5. The average Bonchev–Trinajstić information content (AvgIpc) is 2.30. The first-order valence-corrected chi connectivity index (χ1v) is 6.45. The molecule has 0 aliphatic heterocycles. The minimum absolute atomic E-state index is 0.675. The van der Waals surface area contributed by atoms with Gasteiger partial charge >= 0.3 is 0 Å². The summed E-state index contributed by atoms with van der Waals surface area (Å²) in [5.74, 6) is 0.909. The Balaban J connectivity index is 1.77. The molecule has 2 rings (SSSR count). The first kappa shape index (κ1) is 11.9. The summed E-state index contributed by atoms with van der Waals surface area (Å²) in [6, 6.07) is 4.56. The fraction of sp³-hybridized carbons (Fsp3) is 0.615. The van der Waals surface area contributed by atoms with Crippen molar-refractivity contribution < 1.29 is 0 Å². The topological polar surface area (TPSA) is 24.9 Å². The molecule has 0 unspecified atom stereocenters. The van der Waals surface area contributed by atoms with Gasteiger partial charge in [-0.25, -0.2) is 0 Å². The van der Waals surface area contributed by atoms with Gasteiger partial charge in [-0.05, 0) is 43.7 Å². The second-order valence-electron chi connectivity index (χ2n) is 4.81. The molecule has 1 saturated carbocycles. The average molecular weight is 239 g/mol. The lowest BCUT2D eigenvalue weighted by Gasteiger charge is -2.26. The molecule has 1 N–H and O–H groups in total. The van der Waals surface area contributed by atoms with E-state index in [4.69, 9.17) is 11.6 Å². The fourth-order valence-electron chi connectivity index (χ4n) is 2.22. The maximum Gasteiger partial charge on any atom is 0.0589 e. The standard InChI is InChI=1S/C13H19ClN2/c1-10-2-5-12(6-3-10)16-9-13-7-4-11(14)8-15-13/h4,7-8,10,12,16H,2-3,5-6,9H2,1H3. The molecule has 1 aromatic rings. The molecule has 1 heterocycles. The monoisotopic (exact) mass is 238 g/mol. The lowest BCUT2D eigenvalue weighted by atomic mass is 9.87. The van der Waals surface area contributed by atoms with E-state index in [9.17, 15) is 0 Å². The highest BCUT2D eigenvalue weighted by Gasteiger charge is 2.17. The maximum absolute atomic E-state index is 5.79. The molecule has 1 aromatic heterocycles. The van der Waals surface area contributed by atoms with E-state index in [0.717, 1.165) is 18.2 Å². The van der Waals surface area contributed by atoms with E-state index in [1.54, 1.807) is 6.20 Å². The lowest BCUT2D eigenvalue weighted by molar-refractivity contribution is 0.306. The third kappa shape index (κ3) is 3.46. The predicted molar refractivity (Wildman–Crippen MR) is 67.5 cm³/mol. The summed E-state index contributed by atoms with van der Waals surface area (Å²) in [7, 11) is 0. The van der Waals surface area contributed by atoms with E-state index in [1.165, 1.54) is 25.7 Å². The first-order valence-electron chi connectivity index (χ1n) is 6.08. The van der Waals surface area contributed by atoms with Crippen molar-refractivity contribution in [2.24, 2.45) is 5.92 Å². The summed E-state index contributed by atoms with van der Waals surface area (Å²) in [6.45, 7) is 3.20. The van der Waals surface area contributed by atoms with Crippen molar-refractivity contribution in [3.63, 3.8) is 0 Å². The van der Waals surface area contributed by atoms with Crippen LogP contribution in [0.1, 0.15) is 38.3 Å². The van der Waals surface area contributed by atoms with Crippen molar-refractivity contribution in [2.75, 3.05) is 0 Å². The minimum atomic E-state index is 0.675. The zero-order chi connectivity index (χ0) is 11.4. The Morgan fingerprint density at radius 3 is 2.69 bits per heavy atom. The van der Waals surface area contributed by atoms with Crippen LogP contribution in [0.4, 0.5) is 0 Å². The second kappa shape index (κ2) is 5.65. The fourth-order valence-corrected chi connectivity index (χ4v) is 2.34. The number of halogens is 1. The summed E-state index contributed by atoms with van der Waals surface area (Å²) in [6.07, 6.45) is 7.02. The van der Waals surface area contributed by atoms with Crippen molar-refractivity contribution in [2.45, 2.75) is 45.2 Å². The van der Waals surface area contributed by atoms with Crippen LogP contribution in [-0.4, -0.2) is 11.0 Å². The van der Waals surface area contributed by atoms with Crippen LogP contribution in [0.2, 0.25) is 5.02 Å². The van der Waals surface area contributed by atoms with Gasteiger partial charge in [0.1, 0.15) is 0 Å². The van der Waals surface area contributed by atoms with Gasteiger partial charge in [0.25, 0.3) is 0 Å². The Morgan fingerprint density at radius 2 is 2.06 bits per heavy atom. The van der Waals surface area contributed by atoms with Gasteiger partial charge in [0.15, 0.2) is 0 Å². The Bertz CT molecular complexity index is 315. The van der Waals surface area contributed by atoms with Gasteiger partial charge in [-0.3, -0.25) is 4.98 Å². The van der Waals surface area contributed by atoms with Gasteiger partial charge in [0.05, 0.1) is 10.7 Å². The van der Waals surface area contributed by atoms with Crippen molar-refractivity contribution in [1.82, 2.24) is 10.3 Å². The SMILES string of the molecule is CC1CCC(NCc2ccc(Cl)cn2)CC1. The Hall–Kier alpha value is -0.600. The Labute approximate surface area is 102 Å². The summed E-state index contributed by atoms with van der Waals surface area (Å²) < 4.78 is 0. The number of rotatable bonds is 3. The largest absolute Gasteiger partial charge is 0.308 e. The molecule has 0 atom stereocenters. The molecule has 3 heteroatoms. The maximum atomic E-state index is 5.79. The van der Waals surface area contributed by atoms with Crippen LogP contribution in [0, 0.1) is 5.92 Å². The molecule has 0 radical (unpaired) electrons. The van der Waals surface area contributed by atoms with E-state index in [0.29, 0.717) is 11.1 Å². The molecule has 16 heavy (non-hydrogen) atoms. The van der Waals surface area contributed by atoms with Crippen molar-refractivity contribution in [3.05, 3.63) is 29.0 Å². The molecule has 0 bridgehead atoms. The van der Waals surface area contributed by atoms with Crippen LogP contribution in [0.3, 0.4) is 0 Å². The molecule has 2 nitrogen and oxygen atoms in total. The molecule has 1 aliphatic rings. The van der Waals surface area contributed by atoms with Crippen LogP contribution in [0.15, 0.2) is 18.3 Å². The van der Waals surface area contributed by atoms with Crippen LogP contribution in [0.25, 0.3) is 0 Å². The third-order valence-corrected chi connectivity index (χ3v) is 3.60. The van der Waals surface area contributed by atoms with Crippen LogP contribution < -0.4 is 5.32 Å². The zero-order valence-electron chi connectivity index (χ0n) is 9.75. The van der Waals surface area contributed by atoms with Gasteiger partial charge in [-0.2, -0.15) is 0 Å². The van der Waals surface area contributed by atoms with Crippen molar-refractivity contribution in [3.8, 4) is 0 Å². The minimum Gasteiger partial charge on any atom is -0.308 e. The number of nitrogens with one attached hydrogen (secondary N) is 1. The van der Waals surface area contributed by atoms with Gasteiger partial charge in [-0.1, -0.05) is 18.5 Å². The number of pyridine rings is 1. The van der Waals surface area contributed by atoms with Gasteiger partial charge in [0.2, 0.25) is 0 Å². The molecular formula is C13H19ClN2. The quantitative estimate of drug-likeness (QED) is 0.873. The van der Waals surface area contributed by atoms with Gasteiger partial charge < -0.3 is 5.32 Å². The van der Waals surface area contributed by atoms with E-state index >= 15 is 0 Å². The molecule has 1 fully saturated rings. The molecule has 0 spiro atoms. The molecule has 0 amide bonds. The lowest BCUT2D eigenvalue weighted by Crippen LogP contribution is -2.32. The van der Waals surface area contributed by atoms with Crippen LogP contribution >= 0.6 is 11.6 Å². The summed E-state index contributed by atoms with van der Waals surface area (Å²) >= 11 is 5.79. The second-order valence-corrected chi connectivity index (χ2v) is 5.24. The summed E-state index contributed by atoms with van der Waals surface area (Å²) in [5, 5.41) is 4.28. The molecule has 88 valence electrons. The van der Waals surface area contributed by atoms with Crippen molar-refractivity contribution >= 4 is 11.6 Å². The number of aromatic nitrogens is 1. The van der Waals surface area contributed by atoms with E-state index in [-0.39, 0.29) is 0 Å². The molecular weight excluding hydrogens is 220 g/mol. The third-order valence-electron chi connectivity index (χ3n) is 3.38. The predicted octanol–water partition coefficient (Wildman–Crippen LogP) is 3.40. The first-order chi connectivity index (χ1) is 7.74. The molecule has 0 aromatic carbocycles. The van der Waals surface area contributed by atoms with Crippen LogP contribution in [-0.2, 0) is 6.54 Å². The molecule has 0 saturated heterocycles. The molecule has 1 aliphatic carbocycles. The van der Waals surface area contributed by atoms with Gasteiger partial charge in [0, 0.05) is 18.8 Å².